The molecule has 0 saturated heterocycles. The Kier molecular flexibility index (Phi) is 5.16. The molecule has 0 heterocycles. The van der Waals surface area contributed by atoms with E-state index in [2.05, 4.69) is 47.0 Å². The van der Waals surface area contributed by atoms with Gasteiger partial charge in [-0.2, -0.15) is 0 Å². The molecule has 0 aromatic heterocycles. The zero-order valence-electron chi connectivity index (χ0n) is 13.8. The van der Waals surface area contributed by atoms with Crippen molar-refractivity contribution in [2.24, 2.45) is 0 Å². The molecule has 0 spiro atoms. The third-order valence-corrected chi connectivity index (χ3v) is 4.07. The van der Waals surface area contributed by atoms with Crippen LogP contribution >= 0.6 is 0 Å². The quantitative estimate of drug-likeness (QED) is 0.627. The molecule has 3 rings (SSSR count). The molecule has 23 heavy (non-hydrogen) atoms. The molecule has 0 unspecified atom stereocenters. The van der Waals surface area contributed by atoms with Gasteiger partial charge in [-0.05, 0) is 67.0 Å². The second-order valence-corrected chi connectivity index (χ2v) is 5.72. The lowest BCUT2D eigenvalue weighted by atomic mass is 10.1. The summed E-state index contributed by atoms with van der Waals surface area (Å²) in [7, 11) is 3.86. The Morgan fingerprint density at radius 3 is 2.13 bits per heavy atom. The maximum Gasteiger partial charge on any atom is 0.120 e. The molecule has 1 aliphatic rings. The first-order chi connectivity index (χ1) is 11.3. The maximum atomic E-state index is 5.78. The first-order valence-corrected chi connectivity index (χ1v) is 8.13. The van der Waals surface area contributed by atoms with E-state index in [0.29, 0.717) is 13.2 Å². The van der Waals surface area contributed by atoms with Gasteiger partial charge >= 0.3 is 0 Å². The lowest BCUT2D eigenvalue weighted by Crippen LogP contribution is -2.15. The smallest absolute Gasteiger partial charge is 0.120 e. The number of fused-ring (bicyclic) bond motifs is 3. The van der Waals surface area contributed by atoms with Crippen LogP contribution in [0.3, 0.4) is 0 Å². The second-order valence-electron chi connectivity index (χ2n) is 5.72. The highest BCUT2D eigenvalue weighted by molar-refractivity contribution is 5.78. The zero-order chi connectivity index (χ0) is 16.1. The van der Waals surface area contributed by atoms with Gasteiger partial charge in [-0.1, -0.05) is 12.1 Å². The Labute approximate surface area is 137 Å². The first kappa shape index (κ1) is 15.8. The van der Waals surface area contributed by atoms with Crippen LogP contribution in [0.4, 0.5) is 0 Å². The molecule has 0 radical (unpaired) electrons. The van der Waals surface area contributed by atoms with Gasteiger partial charge in [0.25, 0.3) is 0 Å². The van der Waals surface area contributed by atoms with E-state index < -0.39 is 0 Å². The summed E-state index contributed by atoms with van der Waals surface area (Å²) in [5, 5.41) is 6.18. The van der Waals surface area contributed by atoms with Gasteiger partial charge < -0.3 is 20.1 Å². The predicted molar refractivity (Wildman–Crippen MR) is 93.5 cm³/mol. The predicted octanol–water partition coefficient (Wildman–Crippen LogP) is 2.45. The van der Waals surface area contributed by atoms with Crippen LogP contribution in [0.5, 0.6) is 11.5 Å². The van der Waals surface area contributed by atoms with Crippen LogP contribution in [-0.2, 0) is 6.42 Å². The molecule has 0 amide bonds. The molecule has 1 aliphatic carbocycles. The number of hydrogen-bond donors (Lipinski definition) is 2. The number of ether oxygens (including phenoxy) is 2. The summed E-state index contributed by atoms with van der Waals surface area (Å²) in [5.41, 5.74) is 5.26. The van der Waals surface area contributed by atoms with Crippen molar-refractivity contribution in [2.75, 3.05) is 40.4 Å². The molecule has 2 N–H and O–H groups in total. The van der Waals surface area contributed by atoms with Gasteiger partial charge in [0.2, 0.25) is 0 Å². The van der Waals surface area contributed by atoms with Crippen molar-refractivity contribution in [1.29, 1.82) is 0 Å². The van der Waals surface area contributed by atoms with Gasteiger partial charge in [0.05, 0.1) is 0 Å². The van der Waals surface area contributed by atoms with Crippen LogP contribution in [0.15, 0.2) is 36.4 Å². The first-order valence-electron chi connectivity index (χ1n) is 8.13. The Bertz CT molecular complexity index is 670. The molecule has 0 saturated carbocycles. The second kappa shape index (κ2) is 7.49. The summed E-state index contributed by atoms with van der Waals surface area (Å²) in [5.74, 6) is 1.87. The van der Waals surface area contributed by atoms with Crippen LogP contribution in [-0.4, -0.2) is 40.4 Å². The normalized spacial score (nSPS) is 11.9. The topological polar surface area (TPSA) is 42.5 Å². The summed E-state index contributed by atoms with van der Waals surface area (Å²) < 4.78 is 11.5. The third-order valence-electron chi connectivity index (χ3n) is 4.07. The van der Waals surface area contributed by atoms with Gasteiger partial charge in [-0.15, -0.1) is 0 Å². The molecular formula is C19H24N2O2. The third kappa shape index (κ3) is 3.66. The minimum Gasteiger partial charge on any atom is -0.492 e. The maximum absolute atomic E-state index is 5.78. The van der Waals surface area contributed by atoms with Gasteiger partial charge in [0, 0.05) is 13.1 Å². The molecule has 4 nitrogen and oxygen atoms in total. The van der Waals surface area contributed by atoms with Crippen LogP contribution < -0.4 is 20.1 Å². The Hall–Kier alpha value is -2.04. The van der Waals surface area contributed by atoms with Crippen LogP contribution in [0.25, 0.3) is 11.1 Å². The van der Waals surface area contributed by atoms with Crippen LogP contribution in [0.2, 0.25) is 0 Å². The average Bonchev–Trinajstić information content (AvgIpc) is 2.92. The standard InChI is InChI=1S/C19H24N2O2/c1-20-7-9-22-16-5-6-18-15(12-16)11-14-3-4-17(13-19(14)18)23-10-8-21-2/h3-6,12-13,20-21H,7-11H2,1-2H3. The Morgan fingerprint density at radius 2 is 1.43 bits per heavy atom. The Balaban J connectivity index is 1.75. The fourth-order valence-electron chi connectivity index (χ4n) is 2.87. The largest absolute Gasteiger partial charge is 0.492 e. The highest BCUT2D eigenvalue weighted by atomic mass is 16.5. The van der Waals surface area contributed by atoms with Crippen molar-refractivity contribution in [3.05, 3.63) is 47.5 Å². The Morgan fingerprint density at radius 1 is 0.783 bits per heavy atom. The highest BCUT2D eigenvalue weighted by Gasteiger charge is 2.19. The average molecular weight is 312 g/mol. The number of benzene rings is 2. The number of likely N-dealkylation sites (N-methyl/N-ethyl adjacent to an activating group) is 2. The van der Waals surface area contributed by atoms with E-state index in [9.17, 15) is 0 Å². The van der Waals surface area contributed by atoms with E-state index in [0.717, 1.165) is 31.0 Å². The van der Waals surface area contributed by atoms with Crippen molar-refractivity contribution in [1.82, 2.24) is 10.6 Å². The molecule has 0 fully saturated rings. The van der Waals surface area contributed by atoms with Crippen LogP contribution in [0, 0.1) is 0 Å². The molecule has 0 atom stereocenters. The zero-order valence-corrected chi connectivity index (χ0v) is 13.8. The molecule has 2 aromatic rings. The van der Waals surface area contributed by atoms with Crippen molar-refractivity contribution in [2.45, 2.75) is 6.42 Å². The van der Waals surface area contributed by atoms with Gasteiger partial charge in [0.1, 0.15) is 24.7 Å². The molecule has 122 valence electrons. The van der Waals surface area contributed by atoms with Gasteiger partial charge in [0.15, 0.2) is 0 Å². The number of hydrogen-bond acceptors (Lipinski definition) is 4. The summed E-state index contributed by atoms with van der Waals surface area (Å²) in [4.78, 5) is 0. The summed E-state index contributed by atoms with van der Waals surface area (Å²) in [6, 6.07) is 12.8. The SMILES string of the molecule is CNCCOc1ccc2c(c1)Cc1ccc(OCCNC)cc1-2. The molecule has 4 heteroatoms. The summed E-state index contributed by atoms with van der Waals surface area (Å²) in [6.45, 7) is 3.07. The van der Waals surface area contributed by atoms with E-state index in [-0.39, 0.29) is 0 Å². The van der Waals surface area contributed by atoms with E-state index in [4.69, 9.17) is 9.47 Å². The van der Waals surface area contributed by atoms with Crippen molar-refractivity contribution in [3.8, 4) is 22.6 Å². The highest BCUT2D eigenvalue weighted by Crippen LogP contribution is 2.40. The summed E-state index contributed by atoms with van der Waals surface area (Å²) >= 11 is 0. The van der Waals surface area contributed by atoms with E-state index in [1.54, 1.807) is 0 Å². The number of nitrogens with one attached hydrogen (secondary N) is 2. The van der Waals surface area contributed by atoms with Crippen molar-refractivity contribution >= 4 is 0 Å². The van der Waals surface area contributed by atoms with Crippen molar-refractivity contribution < 1.29 is 9.47 Å². The van der Waals surface area contributed by atoms with E-state index in [1.807, 2.05) is 14.1 Å². The minimum atomic E-state index is 0.681. The number of rotatable bonds is 8. The van der Waals surface area contributed by atoms with Gasteiger partial charge in [-0.3, -0.25) is 0 Å². The summed E-state index contributed by atoms with van der Waals surface area (Å²) in [6.07, 6.45) is 0.963. The van der Waals surface area contributed by atoms with E-state index in [1.165, 1.54) is 22.3 Å². The monoisotopic (exact) mass is 312 g/mol. The fraction of sp³-hybridized carbons (Fsp3) is 0.368. The molecule has 2 aromatic carbocycles. The molecule has 0 bridgehead atoms. The van der Waals surface area contributed by atoms with Crippen molar-refractivity contribution in [3.63, 3.8) is 0 Å². The molecule has 0 aliphatic heterocycles. The lowest BCUT2D eigenvalue weighted by molar-refractivity contribution is 0.318. The minimum absolute atomic E-state index is 0.681. The lowest BCUT2D eigenvalue weighted by Gasteiger charge is -2.09. The van der Waals surface area contributed by atoms with Crippen LogP contribution in [0.1, 0.15) is 11.1 Å². The fourth-order valence-corrected chi connectivity index (χ4v) is 2.87. The van der Waals surface area contributed by atoms with E-state index >= 15 is 0 Å². The molecular weight excluding hydrogens is 288 g/mol. The van der Waals surface area contributed by atoms with Gasteiger partial charge in [-0.25, -0.2) is 0 Å².